The first-order chi connectivity index (χ1) is 16.1. The molecule has 1 aromatic heterocycles. The molecule has 0 N–H and O–H groups in total. The van der Waals surface area contributed by atoms with Crippen LogP contribution in [0, 0.1) is 0 Å². The van der Waals surface area contributed by atoms with E-state index in [1.165, 1.54) is 0 Å². The molecule has 8 nitrogen and oxygen atoms in total. The molecule has 1 fully saturated rings. The molecule has 0 atom stereocenters. The summed E-state index contributed by atoms with van der Waals surface area (Å²) in [6, 6.07) is 14.6. The van der Waals surface area contributed by atoms with Gasteiger partial charge in [-0.05, 0) is 42.5 Å². The number of rotatable bonds is 7. The summed E-state index contributed by atoms with van der Waals surface area (Å²) in [5.41, 5.74) is 1.49. The molecule has 4 rings (SSSR count). The number of hydrogen-bond acceptors (Lipinski definition) is 6. The number of amides is 2. The van der Waals surface area contributed by atoms with Crippen LogP contribution in [0.2, 0.25) is 0 Å². The zero-order valence-corrected chi connectivity index (χ0v) is 18.8. The summed E-state index contributed by atoms with van der Waals surface area (Å²) in [5.74, 6) is 2.59. The molecule has 2 aromatic carbocycles. The van der Waals surface area contributed by atoms with E-state index < -0.39 is 0 Å². The van der Waals surface area contributed by atoms with Crippen LogP contribution in [-0.2, 0) is 11.2 Å². The SMILES string of the molecule is COc1ccc(-c2cnc(CCC(=O)N3CCN(C(=O)c4cccc(OC)c4)CC3)o2)cc1. The van der Waals surface area contributed by atoms with E-state index in [0.717, 1.165) is 11.3 Å². The van der Waals surface area contributed by atoms with Crippen LogP contribution in [0.5, 0.6) is 11.5 Å². The molecule has 0 radical (unpaired) electrons. The van der Waals surface area contributed by atoms with Crippen molar-refractivity contribution in [3.05, 3.63) is 66.2 Å². The van der Waals surface area contributed by atoms with Gasteiger partial charge in [-0.1, -0.05) is 6.07 Å². The van der Waals surface area contributed by atoms with Crippen LogP contribution in [0.4, 0.5) is 0 Å². The van der Waals surface area contributed by atoms with Crippen LogP contribution < -0.4 is 9.47 Å². The molecule has 172 valence electrons. The Morgan fingerprint density at radius 3 is 2.33 bits per heavy atom. The lowest BCUT2D eigenvalue weighted by atomic mass is 10.1. The molecule has 2 heterocycles. The minimum absolute atomic E-state index is 0.0349. The molecular weight excluding hydrogens is 422 g/mol. The highest BCUT2D eigenvalue weighted by Crippen LogP contribution is 2.23. The van der Waals surface area contributed by atoms with Crippen LogP contribution in [0.25, 0.3) is 11.3 Å². The topological polar surface area (TPSA) is 85.1 Å². The van der Waals surface area contributed by atoms with Gasteiger partial charge in [-0.2, -0.15) is 0 Å². The normalized spacial score (nSPS) is 13.6. The fourth-order valence-corrected chi connectivity index (χ4v) is 3.78. The first-order valence-electron chi connectivity index (χ1n) is 10.9. The van der Waals surface area contributed by atoms with E-state index in [1.807, 2.05) is 24.3 Å². The van der Waals surface area contributed by atoms with Crippen LogP contribution in [0.1, 0.15) is 22.7 Å². The summed E-state index contributed by atoms with van der Waals surface area (Å²) in [7, 11) is 3.20. The largest absolute Gasteiger partial charge is 0.497 e. The Hall–Kier alpha value is -3.81. The molecule has 0 unspecified atom stereocenters. The molecule has 33 heavy (non-hydrogen) atoms. The quantitative estimate of drug-likeness (QED) is 0.550. The van der Waals surface area contributed by atoms with Crippen molar-refractivity contribution in [2.45, 2.75) is 12.8 Å². The van der Waals surface area contributed by atoms with Crippen molar-refractivity contribution in [1.82, 2.24) is 14.8 Å². The molecule has 8 heteroatoms. The highest BCUT2D eigenvalue weighted by atomic mass is 16.5. The fraction of sp³-hybridized carbons (Fsp3) is 0.320. The molecule has 1 aliphatic heterocycles. The molecule has 0 aliphatic carbocycles. The van der Waals surface area contributed by atoms with Gasteiger partial charge in [-0.3, -0.25) is 9.59 Å². The standard InChI is InChI=1S/C25H27N3O5/c1-31-20-8-6-18(7-9-20)22-17-26-23(33-22)10-11-24(29)27-12-14-28(15-13-27)25(30)19-4-3-5-21(16-19)32-2/h3-9,16-17H,10-15H2,1-2H3. The minimum Gasteiger partial charge on any atom is -0.497 e. The van der Waals surface area contributed by atoms with Crippen LogP contribution >= 0.6 is 0 Å². The Bertz CT molecular complexity index is 1100. The fourth-order valence-electron chi connectivity index (χ4n) is 3.78. The van der Waals surface area contributed by atoms with Gasteiger partial charge in [0.1, 0.15) is 11.5 Å². The average Bonchev–Trinajstić information content (AvgIpc) is 3.36. The van der Waals surface area contributed by atoms with E-state index in [2.05, 4.69) is 4.98 Å². The zero-order valence-electron chi connectivity index (χ0n) is 18.8. The van der Waals surface area contributed by atoms with Gasteiger partial charge in [0.05, 0.1) is 20.4 Å². The number of carbonyl (C=O) groups is 2. The second-order valence-electron chi connectivity index (χ2n) is 7.75. The van der Waals surface area contributed by atoms with Crippen LogP contribution in [-0.4, -0.2) is 67.0 Å². The predicted molar refractivity (Wildman–Crippen MR) is 122 cm³/mol. The molecule has 0 spiro atoms. The van der Waals surface area contributed by atoms with Gasteiger partial charge in [-0.15, -0.1) is 0 Å². The highest BCUT2D eigenvalue weighted by molar-refractivity contribution is 5.94. The van der Waals surface area contributed by atoms with Gasteiger partial charge < -0.3 is 23.7 Å². The smallest absolute Gasteiger partial charge is 0.254 e. The first-order valence-corrected chi connectivity index (χ1v) is 10.9. The summed E-state index contributed by atoms with van der Waals surface area (Å²) in [6.07, 6.45) is 2.41. The maximum absolute atomic E-state index is 12.7. The third-order valence-corrected chi connectivity index (χ3v) is 5.72. The summed E-state index contributed by atoms with van der Waals surface area (Å²) in [4.78, 5) is 33.3. The second kappa shape index (κ2) is 10.2. The van der Waals surface area contributed by atoms with E-state index in [0.29, 0.717) is 62.0 Å². The van der Waals surface area contributed by atoms with Crippen molar-refractivity contribution in [2.75, 3.05) is 40.4 Å². The number of piperazine rings is 1. The van der Waals surface area contributed by atoms with E-state index in [4.69, 9.17) is 13.9 Å². The highest BCUT2D eigenvalue weighted by Gasteiger charge is 2.25. The summed E-state index contributed by atoms with van der Waals surface area (Å²) < 4.78 is 16.2. The van der Waals surface area contributed by atoms with Crippen LogP contribution in [0.3, 0.4) is 0 Å². The van der Waals surface area contributed by atoms with Gasteiger partial charge >= 0.3 is 0 Å². The van der Waals surface area contributed by atoms with Crippen molar-refractivity contribution in [2.24, 2.45) is 0 Å². The Labute approximate surface area is 192 Å². The average molecular weight is 450 g/mol. The molecule has 0 saturated carbocycles. The van der Waals surface area contributed by atoms with E-state index in [-0.39, 0.29) is 11.8 Å². The van der Waals surface area contributed by atoms with Crippen molar-refractivity contribution in [1.29, 1.82) is 0 Å². The molecule has 3 aromatic rings. The van der Waals surface area contributed by atoms with Gasteiger partial charge in [-0.25, -0.2) is 4.98 Å². The Morgan fingerprint density at radius 2 is 1.64 bits per heavy atom. The van der Waals surface area contributed by atoms with Crippen molar-refractivity contribution >= 4 is 11.8 Å². The second-order valence-corrected chi connectivity index (χ2v) is 7.75. The third kappa shape index (κ3) is 5.34. The maximum atomic E-state index is 12.7. The van der Waals surface area contributed by atoms with E-state index in [1.54, 1.807) is 54.5 Å². The Kier molecular flexibility index (Phi) is 6.92. The van der Waals surface area contributed by atoms with Gasteiger partial charge in [0.2, 0.25) is 5.91 Å². The number of oxazole rings is 1. The van der Waals surface area contributed by atoms with E-state index in [9.17, 15) is 9.59 Å². The lowest BCUT2D eigenvalue weighted by molar-refractivity contribution is -0.132. The lowest BCUT2D eigenvalue weighted by Gasteiger charge is -2.34. The van der Waals surface area contributed by atoms with Crippen molar-refractivity contribution < 1.29 is 23.5 Å². The Morgan fingerprint density at radius 1 is 0.939 bits per heavy atom. The Balaban J connectivity index is 1.26. The predicted octanol–water partition coefficient (Wildman–Crippen LogP) is 3.28. The molecule has 1 saturated heterocycles. The number of carbonyl (C=O) groups excluding carboxylic acids is 2. The molecule has 0 bridgehead atoms. The minimum atomic E-state index is -0.0492. The molecule has 1 aliphatic rings. The van der Waals surface area contributed by atoms with Crippen molar-refractivity contribution in [3.8, 4) is 22.8 Å². The number of nitrogens with zero attached hydrogens (tertiary/aromatic N) is 3. The first kappa shape index (κ1) is 22.4. The molecular formula is C25H27N3O5. The number of benzene rings is 2. The maximum Gasteiger partial charge on any atom is 0.254 e. The number of hydrogen-bond donors (Lipinski definition) is 0. The molecule has 2 amide bonds. The van der Waals surface area contributed by atoms with Crippen molar-refractivity contribution in [3.63, 3.8) is 0 Å². The number of ether oxygens (including phenoxy) is 2. The van der Waals surface area contributed by atoms with Gasteiger partial charge in [0, 0.05) is 50.1 Å². The monoisotopic (exact) mass is 449 g/mol. The number of aromatic nitrogens is 1. The summed E-state index contributed by atoms with van der Waals surface area (Å²) in [5, 5.41) is 0. The van der Waals surface area contributed by atoms with Gasteiger partial charge in [0.25, 0.3) is 5.91 Å². The van der Waals surface area contributed by atoms with E-state index >= 15 is 0 Å². The number of methoxy groups -OCH3 is 2. The lowest BCUT2D eigenvalue weighted by Crippen LogP contribution is -2.50. The summed E-state index contributed by atoms with van der Waals surface area (Å²) in [6.45, 7) is 2.03. The summed E-state index contributed by atoms with van der Waals surface area (Å²) >= 11 is 0. The van der Waals surface area contributed by atoms with Crippen LogP contribution in [0.15, 0.2) is 59.1 Å². The third-order valence-electron chi connectivity index (χ3n) is 5.72. The zero-order chi connectivity index (χ0) is 23.2. The number of aryl methyl sites for hydroxylation is 1. The van der Waals surface area contributed by atoms with Gasteiger partial charge in [0.15, 0.2) is 11.7 Å².